The van der Waals surface area contributed by atoms with Crippen molar-refractivity contribution >= 4 is 29.4 Å². The molecule has 1 saturated carbocycles. The summed E-state index contributed by atoms with van der Waals surface area (Å²) in [4.78, 5) is 49.3. The van der Waals surface area contributed by atoms with Crippen molar-refractivity contribution in [2.24, 2.45) is 11.8 Å². The molecule has 1 aromatic rings. The first kappa shape index (κ1) is 19.0. The highest BCUT2D eigenvalue weighted by Gasteiger charge is 2.47. The van der Waals surface area contributed by atoms with Crippen LogP contribution in [-0.2, 0) is 23.9 Å². The monoisotopic (exact) mass is 376 g/mol. The zero-order valence-corrected chi connectivity index (χ0v) is 14.8. The number of ether oxygens (including phenoxy) is 1. The van der Waals surface area contributed by atoms with Gasteiger partial charge in [0.1, 0.15) is 5.82 Å². The fourth-order valence-electron chi connectivity index (χ4n) is 3.62. The molecule has 2 aliphatic rings. The average Bonchev–Trinajstić information content (AvgIpc) is 2.91. The molecule has 27 heavy (non-hydrogen) atoms. The molecule has 1 N–H and O–H groups in total. The van der Waals surface area contributed by atoms with E-state index >= 15 is 0 Å². The van der Waals surface area contributed by atoms with Crippen LogP contribution in [0, 0.1) is 17.7 Å². The van der Waals surface area contributed by atoms with Gasteiger partial charge in [-0.05, 0) is 25.0 Å². The van der Waals surface area contributed by atoms with Gasteiger partial charge in [0, 0.05) is 6.54 Å². The van der Waals surface area contributed by atoms with Crippen LogP contribution in [0.25, 0.3) is 0 Å². The number of imide groups is 1. The van der Waals surface area contributed by atoms with E-state index in [1.54, 1.807) is 6.07 Å². The molecule has 2 atom stereocenters. The van der Waals surface area contributed by atoms with E-state index in [0.717, 1.165) is 17.7 Å². The first-order valence-electron chi connectivity index (χ1n) is 9.02. The van der Waals surface area contributed by atoms with Gasteiger partial charge in [0.2, 0.25) is 11.8 Å². The molecule has 3 rings (SSSR count). The van der Waals surface area contributed by atoms with Gasteiger partial charge in [-0.25, -0.2) is 4.39 Å². The molecule has 0 aromatic heterocycles. The first-order chi connectivity index (χ1) is 13.0. The van der Waals surface area contributed by atoms with E-state index in [1.807, 2.05) is 0 Å². The van der Waals surface area contributed by atoms with Crippen molar-refractivity contribution in [2.45, 2.75) is 32.1 Å². The zero-order valence-electron chi connectivity index (χ0n) is 14.8. The van der Waals surface area contributed by atoms with E-state index in [1.165, 1.54) is 18.2 Å². The molecular weight excluding hydrogens is 355 g/mol. The number of fused-ring (bicyclic) bond motifs is 1. The van der Waals surface area contributed by atoms with Gasteiger partial charge in [0.15, 0.2) is 6.61 Å². The molecule has 144 valence electrons. The number of para-hydroxylation sites is 1. The molecule has 1 aromatic carbocycles. The van der Waals surface area contributed by atoms with Crippen LogP contribution in [0.3, 0.4) is 0 Å². The third-order valence-electron chi connectivity index (χ3n) is 4.98. The second kappa shape index (κ2) is 8.28. The normalized spacial score (nSPS) is 21.7. The lowest BCUT2D eigenvalue weighted by Gasteiger charge is -2.19. The molecule has 8 heteroatoms. The number of amides is 3. The molecule has 1 aliphatic carbocycles. The van der Waals surface area contributed by atoms with Gasteiger partial charge < -0.3 is 10.1 Å². The van der Waals surface area contributed by atoms with Gasteiger partial charge in [-0.3, -0.25) is 24.1 Å². The molecular formula is C19H21FN2O5. The van der Waals surface area contributed by atoms with Crippen molar-refractivity contribution in [3.05, 3.63) is 30.1 Å². The first-order valence-corrected chi connectivity index (χ1v) is 9.02. The number of esters is 1. The zero-order chi connectivity index (χ0) is 19.4. The van der Waals surface area contributed by atoms with Crippen molar-refractivity contribution in [3.63, 3.8) is 0 Å². The van der Waals surface area contributed by atoms with Crippen LogP contribution in [0.2, 0.25) is 0 Å². The van der Waals surface area contributed by atoms with Crippen LogP contribution in [-0.4, -0.2) is 41.7 Å². The SMILES string of the molecule is O=C(COC(=O)CCN1C(=O)[C@H]2CCCC[C@H]2C1=O)Nc1ccccc1F. The fourth-order valence-corrected chi connectivity index (χ4v) is 3.62. The molecule has 1 aliphatic heterocycles. The summed E-state index contributed by atoms with van der Waals surface area (Å²) in [6, 6.07) is 5.64. The molecule has 1 saturated heterocycles. The average molecular weight is 376 g/mol. The molecule has 1 heterocycles. The number of benzene rings is 1. The molecule has 0 unspecified atom stereocenters. The standard InChI is InChI=1S/C19H21FN2O5/c20-14-7-3-4-8-15(14)21-16(23)11-27-17(24)9-10-22-18(25)12-5-1-2-6-13(12)19(22)26/h3-4,7-8,12-13H,1-2,5-6,9-11H2,(H,21,23)/t12-,13+. The van der Waals surface area contributed by atoms with Crippen LogP contribution in [0.5, 0.6) is 0 Å². The van der Waals surface area contributed by atoms with Crippen molar-refractivity contribution in [3.8, 4) is 0 Å². The van der Waals surface area contributed by atoms with Gasteiger partial charge in [-0.15, -0.1) is 0 Å². The summed E-state index contributed by atoms with van der Waals surface area (Å²) in [5.74, 6) is -2.90. The Morgan fingerprint density at radius 3 is 2.37 bits per heavy atom. The van der Waals surface area contributed by atoms with E-state index < -0.39 is 24.3 Å². The lowest BCUT2D eigenvalue weighted by Crippen LogP contribution is -2.33. The Kier molecular flexibility index (Phi) is 5.83. The summed E-state index contributed by atoms with van der Waals surface area (Å²) in [6.07, 6.45) is 3.13. The van der Waals surface area contributed by atoms with Gasteiger partial charge in [-0.1, -0.05) is 25.0 Å². The van der Waals surface area contributed by atoms with Crippen LogP contribution < -0.4 is 5.32 Å². The number of rotatable bonds is 6. The predicted molar refractivity (Wildman–Crippen MR) is 92.8 cm³/mol. The summed E-state index contributed by atoms with van der Waals surface area (Å²) < 4.78 is 18.3. The summed E-state index contributed by atoms with van der Waals surface area (Å²) in [5.41, 5.74) is -0.00517. The molecule has 7 nitrogen and oxygen atoms in total. The van der Waals surface area contributed by atoms with Crippen LogP contribution in [0.15, 0.2) is 24.3 Å². The van der Waals surface area contributed by atoms with E-state index in [2.05, 4.69) is 5.32 Å². The van der Waals surface area contributed by atoms with E-state index in [4.69, 9.17) is 4.74 Å². The highest BCUT2D eigenvalue weighted by molar-refractivity contribution is 6.05. The Bertz CT molecular complexity index is 742. The van der Waals surface area contributed by atoms with Crippen LogP contribution >= 0.6 is 0 Å². The Labute approximate surface area is 155 Å². The molecule has 3 amide bonds. The van der Waals surface area contributed by atoms with Gasteiger partial charge in [0.05, 0.1) is 23.9 Å². The Balaban J connectivity index is 1.43. The lowest BCUT2D eigenvalue weighted by molar-refractivity contribution is -0.148. The Morgan fingerprint density at radius 2 is 1.74 bits per heavy atom. The number of likely N-dealkylation sites (tertiary alicyclic amines) is 1. The quantitative estimate of drug-likeness (QED) is 0.604. The van der Waals surface area contributed by atoms with Crippen molar-refractivity contribution in [1.82, 2.24) is 4.90 Å². The maximum absolute atomic E-state index is 13.4. The van der Waals surface area contributed by atoms with Crippen LogP contribution in [0.4, 0.5) is 10.1 Å². The van der Waals surface area contributed by atoms with E-state index in [9.17, 15) is 23.6 Å². The molecule has 0 spiro atoms. The minimum atomic E-state index is -0.700. The number of hydrogen-bond acceptors (Lipinski definition) is 5. The highest BCUT2D eigenvalue weighted by Crippen LogP contribution is 2.37. The topological polar surface area (TPSA) is 92.8 Å². The second-order valence-corrected chi connectivity index (χ2v) is 6.76. The molecule has 0 radical (unpaired) electrons. The number of carbonyl (C=O) groups is 4. The minimum absolute atomic E-state index is 0.00517. The van der Waals surface area contributed by atoms with Crippen LogP contribution in [0.1, 0.15) is 32.1 Å². The van der Waals surface area contributed by atoms with Crippen molar-refractivity contribution in [1.29, 1.82) is 0 Å². The predicted octanol–water partition coefficient (Wildman–Crippen LogP) is 1.87. The Morgan fingerprint density at radius 1 is 1.11 bits per heavy atom. The maximum atomic E-state index is 13.4. The van der Waals surface area contributed by atoms with Gasteiger partial charge in [-0.2, -0.15) is 0 Å². The number of nitrogens with one attached hydrogen (secondary N) is 1. The van der Waals surface area contributed by atoms with Gasteiger partial charge in [0.25, 0.3) is 5.91 Å². The summed E-state index contributed by atoms with van der Waals surface area (Å²) in [5, 5.41) is 2.30. The van der Waals surface area contributed by atoms with E-state index in [-0.39, 0.29) is 42.3 Å². The number of halogens is 1. The lowest BCUT2D eigenvalue weighted by atomic mass is 9.81. The largest absolute Gasteiger partial charge is 0.456 e. The Hall–Kier alpha value is -2.77. The smallest absolute Gasteiger partial charge is 0.308 e. The third-order valence-corrected chi connectivity index (χ3v) is 4.98. The summed E-state index contributed by atoms with van der Waals surface area (Å²) in [6.45, 7) is -0.612. The number of hydrogen-bond donors (Lipinski definition) is 1. The maximum Gasteiger partial charge on any atom is 0.308 e. The van der Waals surface area contributed by atoms with Gasteiger partial charge >= 0.3 is 5.97 Å². The summed E-state index contributed by atoms with van der Waals surface area (Å²) >= 11 is 0. The van der Waals surface area contributed by atoms with Crippen molar-refractivity contribution in [2.75, 3.05) is 18.5 Å². The van der Waals surface area contributed by atoms with Crippen molar-refractivity contribution < 1.29 is 28.3 Å². The summed E-state index contributed by atoms with van der Waals surface area (Å²) in [7, 11) is 0. The molecule has 2 fully saturated rings. The number of anilines is 1. The highest BCUT2D eigenvalue weighted by atomic mass is 19.1. The third kappa shape index (κ3) is 4.32. The fraction of sp³-hybridized carbons (Fsp3) is 0.474. The minimum Gasteiger partial charge on any atom is -0.456 e. The second-order valence-electron chi connectivity index (χ2n) is 6.76. The molecule has 0 bridgehead atoms. The number of nitrogens with zero attached hydrogens (tertiary/aromatic N) is 1. The van der Waals surface area contributed by atoms with E-state index in [0.29, 0.717) is 12.8 Å². The number of carbonyl (C=O) groups excluding carboxylic acids is 4.